The zero-order valence-electron chi connectivity index (χ0n) is 29.7. The number of carbonyl (C=O) groups is 3. The smallest absolute Gasteiger partial charge is 0.344 e. The third kappa shape index (κ3) is 10.00. The van der Waals surface area contributed by atoms with Gasteiger partial charge >= 0.3 is 5.97 Å². The number of ether oxygens (including phenoxy) is 4. The van der Waals surface area contributed by atoms with Crippen LogP contribution in [0.4, 0.5) is 0 Å². The van der Waals surface area contributed by atoms with Crippen LogP contribution < -0.4 is 19.5 Å². The van der Waals surface area contributed by atoms with Crippen molar-refractivity contribution in [3.63, 3.8) is 0 Å². The molecule has 0 saturated heterocycles. The van der Waals surface area contributed by atoms with E-state index in [0.717, 1.165) is 54.0 Å². The van der Waals surface area contributed by atoms with Crippen LogP contribution in [0.1, 0.15) is 75.6 Å². The lowest BCUT2D eigenvalue weighted by Crippen LogP contribution is -2.47. The lowest BCUT2D eigenvalue weighted by molar-refractivity contribution is -0.157. The predicted octanol–water partition coefficient (Wildman–Crippen LogP) is 7.34. The summed E-state index contributed by atoms with van der Waals surface area (Å²) in [5.74, 6) is 1.11. The number of nitrogens with zero attached hydrogens (tertiary/aromatic N) is 1. The van der Waals surface area contributed by atoms with Crippen molar-refractivity contribution in [3.05, 3.63) is 102 Å². The van der Waals surface area contributed by atoms with Gasteiger partial charge in [0.15, 0.2) is 6.61 Å². The molecule has 9 nitrogen and oxygen atoms in total. The topological polar surface area (TPSA) is 103 Å². The summed E-state index contributed by atoms with van der Waals surface area (Å²) in [6.07, 6.45) is 5.24. The first kappa shape index (κ1) is 36.2. The van der Waals surface area contributed by atoms with E-state index in [4.69, 9.17) is 18.9 Å². The number of nitrogens with one attached hydrogen (secondary N) is 1. The second-order valence-corrected chi connectivity index (χ2v) is 13.8. The highest BCUT2D eigenvalue weighted by Gasteiger charge is 2.33. The van der Waals surface area contributed by atoms with Crippen LogP contribution in [0.25, 0.3) is 10.8 Å². The van der Waals surface area contributed by atoms with Gasteiger partial charge in [-0.3, -0.25) is 9.59 Å². The highest BCUT2D eigenvalue weighted by Crippen LogP contribution is 2.31. The Labute approximate surface area is 294 Å². The molecule has 1 aliphatic rings. The van der Waals surface area contributed by atoms with E-state index in [1.807, 2.05) is 99.6 Å². The van der Waals surface area contributed by atoms with E-state index in [1.54, 1.807) is 25.2 Å². The minimum atomic E-state index is -0.891. The largest absolute Gasteiger partial charge is 0.497 e. The summed E-state index contributed by atoms with van der Waals surface area (Å²) < 4.78 is 21.8. The molecular formula is C41H48N2O7. The predicted molar refractivity (Wildman–Crippen MR) is 193 cm³/mol. The fourth-order valence-corrected chi connectivity index (χ4v) is 6.29. The van der Waals surface area contributed by atoms with Gasteiger partial charge < -0.3 is 29.2 Å². The molecule has 0 aromatic heterocycles. The summed E-state index contributed by atoms with van der Waals surface area (Å²) >= 11 is 0. The molecule has 9 heteroatoms. The van der Waals surface area contributed by atoms with Crippen molar-refractivity contribution in [2.75, 3.05) is 20.8 Å². The maximum absolute atomic E-state index is 14.4. The molecule has 264 valence electrons. The lowest BCUT2D eigenvalue weighted by atomic mass is 9.94. The number of hydrogen-bond acceptors (Lipinski definition) is 7. The van der Waals surface area contributed by atoms with Crippen molar-refractivity contribution in [2.24, 2.45) is 0 Å². The molecule has 0 heterocycles. The number of esters is 1. The molecule has 1 aliphatic carbocycles. The summed E-state index contributed by atoms with van der Waals surface area (Å²) in [7, 11) is 3.22. The molecule has 50 heavy (non-hydrogen) atoms. The summed E-state index contributed by atoms with van der Waals surface area (Å²) in [6, 6.07) is 25.4. The zero-order chi connectivity index (χ0) is 35.7. The number of methoxy groups -OCH3 is 2. The van der Waals surface area contributed by atoms with E-state index in [-0.39, 0.29) is 37.4 Å². The number of rotatable bonds is 13. The third-order valence-electron chi connectivity index (χ3n) is 8.79. The Kier molecular flexibility index (Phi) is 12.0. The molecule has 0 aliphatic heterocycles. The third-order valence-corrected chi connectivity index (χ3v) is 8.79. The maximum Gasteiger partial charge on any atom is 0.344 e. The summed E-state index contributed by atoms with van der Waals surface area (Å²) in [4.78, 5) is 42.7. The minimum absolute atomic E-state index is 0.0587. The number of hydrogen-bond donors (Lipinski definition) is 1. The Bertz CT molecular complexity index is 1760. The minimum Gasteiger partial charge on any atom is -0.497 e. The van der Waals surface area contributed by atoms with Crippen LogP contribution in [0.2, 0.25) is 0 Å². The molecule has 4 aromatic rings. The number of carbonyl (C=O) groups excluding carboxylic acids is 3. The monoisotopic (exact) mass is 680 g/mol. The van der Waals surface area contributed by atoms with Crippen LogP contribution in [-0.2, 0) is 32.1 Å². The Morgan fingerprint density at radius 3 is 1.96 bits per heavy atom. The van der Waals surface area contributed by atoms with Gasteiger partial charge in [-0.15, -0.1) is 0 Å². The van der Waals surface area contributed by atoms with Gasteiger partial charge in [-0.1, -0.05) is 61.7 Å². The first-order valence-corrected chi connectivity index (χ1v) is 17.3. The van der Waals surface area contributed by atoms with Gasteiger partial charge in [0, 0.05) is 12.6 Å². The van der Waals surface area contributed by atoms with Gasteiger partial charge in [0.1, 0.15) is 28.9 Å². The lowest BCUT2D eigenvalue weighted by Gasteiger charge is -2.34. The number of fused-ring (bicyclic) bond motifs is 1. The van der Waals surface area contributed by atoms with E-state index in [9.17, 15) is 14.4 Å². The summed E-state index contributed by atoms with van der Waals surface area (Å²) in [6.45, 7) is 5.45. The number of benzene rings is 4. The van der Waals surface area contributed by atoms with E-state index < -0.39 is 17.6 Å². The molecule has 0 unspecified atom stereocenters. The van der Waals surface area contributed by atoms with Gasteiger partial charge in [-0.05, 0) is 104 Å². The molecule has 5 rings (SSSR count). The molecule has 0 spiro atoms. The molecular weight excluding hydrogens is 632 g/mol. The van der Waals surface area contributed by atoms with Crippen LogP contribution in [0.15, 0.2) is 84.9 Å². The average Bonchev–Trinajstić information content (AvgIpc) is 3.10. The van der Waals surface area contributed by atoms with Gasteiger partial charge in [0.25, 0.3) is 0 Å². The second kappa shape index (κ2) is 16.6. The Hall–Kier alpha value is -5.05. The molecule has 0 radical (unpaired) electrons. The summed E-state index contributed by atoms with van der Waals surface area (Å²) in [5.41, 5.74) is 1.79. The molecule has 1 saturated carbocycles. The van der Waals surface area contributed by atoms with Crippen molar-refractivity contribution in [2.45, 2.75) is 83.5 Å². The Balaban J connectivity index is 1.49. The molecule has 4 aromatic carbocycles. The van der Waals surface area contributed by atoms with Crippen LogP contribution in [0, 0.1) is 0 Å². The fraction of sp³-hybridized carbons (Fsp3) is 0.390. The van der Waals surface area contributed by atoms with E-state index in [1.165, 1.54) is 0 Å². The van der Waals surface area contributed by atoms with Crippen molar-refractivity contribution < 1.29 is 33.3 Å². The highest BCUT2D eigenvalue weighted by molar-refractivity contribution is 5.92. The first-order valence-electron chi connectivity index (χ1n) is 17.3. The fourth-order valence-electron chi connectivity index (χ4n) is 6.29. The van der Waals surface area contributed by atoms with E-state index >= 15 is 0 Å². The highest BCUT2D eigenvalue weighted by atomic mass is 16.6. The van der Waals surface area contributed by atoms with Gasteiger partial charge in [0.05, 0.1) is 20.6 Å². The Morgan fingerprint density at radius 1 is 0.760 bits per heavy atom. The molecule has 1 fully saturated rings. The first-order chi connectivity index (χ1) is 24.0. The average molecular weight is 681 g/mol. The van der Waals surface area contributed by atoms with Crippen molar-refractivity contribution in [3.8, 4) is 17.2 Å². The standard InChI is InChI=1S/C41H48N2O7/c1-41(2,3)50-38(45)27-49-36-22-17-30-24-32(16-15-31(30)25-36)39(40(46)42-33-9-7-6-8-10-33)43(26-29-13-20-35(48-5)21-14-29)37(44)23-28-11-18-34(47-4)19-12-28/h11-22,24-25,33,39H,6-10,23,26-27H2,1-5H3,(H,42,46)/t39-/m1/s1. The van der Waals surface area contributed by atoms with Gasteiger partial charge in [-0.25, -0.2) is 4.79 Å². The SMILES string of the molecule is COc1ccc(CC(=O)N(Cc2ccc(OC)cc2)[C@@H](C(=O)NC2CCCCC2)c2ccc3cc(OCC(=O)OC(C)(C)C)ccc3c2)cc1. The molecule has 0 bridgehead atoms. The molecule has 1 N–H and O–H groups in total. The van der Waals surface area contributed by atoms with Crippen LogP contribution in [-0.4, -0.2) is 55.2 Å². The summed E-state index contributed by atoms with van der Waals surface area (Å²) in [5, 5.41) is 5.04. The van der Waals surface area contributed by atoms with Crippen LogP contribution in [0.3, 0.4) is 0 Å². The van der Waals surface area contributed by atoms with Crippen molar-refractivity contribution >= 4 is 28.6 Å². The van der Waals surface area contributed by atoms with Crippen LogP contribution in [0.5, 0.6) is 17.2 Å². The van der Waals surface area contributed by atoms with Gasteiger partial charge in [-0.2, -0.15) is 0 Å². The zero-order valence-corrected chi connectivity index (χ0v) is 29.7. The maximum atomic E-state index is 14.4. The Morgan fingerprint density at radius 2 is 1.34 bits per heavy atom. The quantitative estimate of drug-likeness (QED) is 0.148. The second-order valence-electron chi connectivity index (χ2n) is 13.8. The van der Waals surface area contributed by atoms with E-state index in [0.29, 0.717) is 22.8 Å². The van der Waals surface area contributed by atoms with Crippen LogP contribution >= 0.6 is 0 Å². The number of amides is 2. The molecule has 2 amide bonds. The molecule has 1 atom stereocenters. The normalized spacial score (nSPS) is 14.0. The van der Waals surface area contributed by atoms with Gasteiger partial charge in [0.2, 0.25) is 11.8 Å². The van der Waals surface area contributed by atoms with Crippen molar-refractivity contribution in [1.82, 2.24) is 10.2 Å². The van der Waals surface area contributed by atoms with E-state index in [2.05, 4.69) is 5.32 Å². The van der Waals surface area contributed by atoms with Crippen molar-refractivity contribution in [1.29, 1.82) is 0 Å².